The first kappa shape index (κ1) is 12.2. The largest absolute Gasteiger partial charge is 0.388 e. The van der Waals surface area contributed by atoms with Gasteiger partial charge in [0.2, 0.25) is 0 Å². The molecule has 0 bridgehead atoms. The first-order chi connectivity index (χ1) is 8.78. The summed E-state index contributed by atoms with van der Waals surface area (Å²) >= 11 is 0. The minimum absolute atomic E-state index is 0.255. The SMILES string of the molecule is COCCc1ccc(C(O)C2CC3CC3C2)cc1. The van der Waals surface area contributed by atoms with E-state index in [1.165, 1.54) is 24.8 Å². The van der Waals surface area contributed by atoms with E-state index in [4.69, 9.17) is 4.74 Å². The van der Waals surface area contributed by atoms with Crippen LogP contribution in [0.4, 0.5) is 0 Å². The van der Waals surface area contributed by atoms with Crippen LogP contribution >= 0.6 is 0 Å². The molecule has 1 aromatic rings. The number of benzene rings is 1. The van der Waals surface area contributed by atoms with E-state index in [9.17, 15) is 5.11 Å². The maximum absolute atomic E-state index is 10.4. The van der Waals surface area contributed by atoms with E-state index in [2.05, 4.69) is 24.3 Å². The van der Waals surface area contributed by atoms with Gasteiger partial charge in [0.15, 0.2) is 0 Å². The second-order valence-electron chi connectivity index (χ2n) is 5.92. The number of ether oxygens (including phenoxy) is 1. The standard InChI is InChI=1S/C16H22O2/c1-18-7-6-11-2-4-12(5-3-11)16(17)15-9-13-8-14(13)10-15/h2-5,13-17H,6-10H2,1H3. The lowest BCUT2D eigenvalue weighted by Gasteiger charge is -2.20. The lowest BCUT2D eigenvalue weighted by Crippen LogP contribution is -2.11. The molecule has 0 aromatic heterocycles. The van der Waals surface area contributed by atoms with E-state index in [1.54, 1.807) is 7.11 Å². The fourth-order valence-corrected chi connectivity index (χ4v) is 3.39. The molecule has 2 fully saturated rings. The second-order valence-corrected chi connectivity index (χ2v) is 5.92. The third-order valence-electron chi connectivity index (χ3n) is 4.64. The number of aliphatic hydroxyl groups is 1. The summed E-state index contributed by atoms with van der Waals surface area (Å²) < 4.78 is 5.07. The van der Waals surface area contributed by atoms with Gasteiger partial charge in [0, 0.05) is 7.11 Å². The Labute approximate surface area is 109 Å². The van der Waals surface area contributed by atoms with Crippen LogP contribution in [0.5, 0.6) is 0 Å². The maximum Gasteiger partial charge on any atom is 0.0818 e. The van der Waals surface area contributed by atoms with E-state index in [0.29, 0.717) is 5.92 Å². The first-order valence-electron chi connectivity index (χ1n) is 7.03. The van der Waals surface area contributed by atoms with Gasteiger partial charge in [0.25, 0.3) is 0 Å². The van der Waals surface area contributed by atoms with E-state index >= 15 is 0 Å². The molecule has 0 radical (unpaired) electrons. The van der Waals surface area contributed by atoms with Gasteiger partial charge in [-0.3, -0.25) is 0 Å². The zero-order valence-electron chi connectivity index (χ0n) is 11.0. The van der Waals surface area contributed by atoms with Gasteiger partial charge >= 0.3 is 0 Å². The third kappa shape index (κ3) is 2.45. The second kappa shape index (κ2) is 5.02. The van der Waals surface area contributed by atoms with Crippen molar-refractivity contribution in [3.8, 4) is 0 Å². The number of aliphatic hydroxyl groups excluding tert-OH is 1. The van der Waals surface area contributed by atoms with Crippen LogP contribution in [0.25, 0.3) is 0 Å². The highest BCUT2D eigenvalue weighted by molar-refractivity contribution is 5.25. The summed E-state index contributed by atoms with van der Waals surface area (Å²) in [6, 6.07) is 8.40. The zero-order valence-corrected chi connectivity index (χ0v) is 11.0. The van der Waals surface area contributed by atoms with Gasteiger partial charge in [-0.2, -0.15) is 0 Å². The van der Waals surface area contributed by atoms with Crippen molar-refractivity contribution in [2.45, 2.75) is 31.8 Å². The molecule has 3 unspecified atom stereocenters. The van der Waals surface area contributed by atoms with Crippen LogP contribution in [0.3, 0.4) is 0 Å². The van der Waals surface area contributed by atoms with Crippen molar-refractivity contribution >= 4 is 0 Å². The Balaban J connectivity index is 1.61. The predicted molar refractivity (Wildman–Crippen MR) is 71.3 cm³/mol. The van der Waals surface area contributed by atoms with Crippen LogP contribution in [0, 0.1) is 17.8 Å². The third-order valence-corrected chi connectivity index (χ3v) is 4.64. The average Bonchev–Trinajstić information content (AvgIpc) is 3.03. The smallest absolute Gasteiger partial charge is 0.0818 e. The van der Waals surface area contributed by atoms with Crippen LogP contribution in [-0.4, -0.2) is 18.8 Å². The fourth-order valence-electron chi connectivity index (χ4n) is 3.39. The molecule has 2 saturated carbocycles. The summed E-state index contributed by atoms with van der Waals surface area (Å²) in [6.07, 6.45) is 4.57. The van der Waals surface area contributed by atoms with Crippen LogP contribution < -0.4 is 0 Å². The number of fused-ring (bicyclic) bond motifs is 1. The number of methoxy groups -OCH3 is 1. The molecule has 2 aliphatic rings. The van der Waals surface area contributed by atoms with Crippen molar-refractivity contribution in [1.29, 1.82) is 0 Å². The molecule has 0 aliphatic heterocycles. The molecule has 2 heteroatoms. The van der Waals surface area contributed by atoms with Crippen molar-refractivity contribution in [3.05, 3.63) is 35.4 Å². The zero-order chi connectivity index (χ0) is 12.5. The molecule has 0 amide bonds. The van der Waals surface area contributed by atoms with Crippen LogP contribution in [0.15, 0.2) is 24.3 Å². The number of hydrogen-bond donors (Lipinski definition) is 1. The molecule has 0 spiro atoms. The van der Waals surface area contributed by atoms with Gasteiger partial charge < -0.3 is 9.84 Å². The lowest BCUT2D eigenvalue weighted by atomic mass is 9.91. The summed E-state index contributed by atoms with van der Waals surface area (Å²) in [5.41, 5.74) is 2.37. The van der Waals surface area contributed by atoms with Gasteiger partial charge in [0.05, 0.1) is 12.7 Å². The Hall–Kier alpha value is -0.860. The van der Waals surface area contributed by atoms with E-state index in [-0.39, 0.29) is 6.10 Å². The first-order valence-corrected chi connectivity index (χ1v) is 7.03. The Morgan fingerprint density at radius 2 is 1.83 bits per heavy atom. The molecule has 1 N–H and O–H groups in total. The van der Waals surface area contributed by atoms with Gasteiger partial charge in [-0.1, -0.05) is 24.3 Å². The molecule has 18 heavy (non-hydrogen) atoms. The van der Waals surface area contributed by atoms with E-state index < -0.39 is 0 Å². The summed E-state index contributed by atoms with van der Waals surface area (Å²) in [5.74, 6) is 2.37. The Kier molecular flexibility index (Phi) is 3.40. The summed E-state index contributed by atoms with van der Waals surface area (Å²) in [7, 11) is 1.73. The van der Waals surface area contributed by atoms with Crippen molar-refractivity contribution in [2.24, 2.45) is 17.8 Å². The highest BCUT2D eigenvalue weighted by Crippen LogP contribution is 2.57. The minimum Gasteiger partial charge on any atom is -0.388 e. The quantitative estimate of drug-likeness (QED) is 0.865. The molecule has 1 aromatic carbocycles. The molecule has 2 nitrogen and oxygen atoms in total. The van der Waals surface area contributed by atoms with E-state index in [1.807, 2.05) is 0 Å². The molecular formula is C16H22O2. The molecule has 3 rings (SSSR count). The summed E-state index contributed by atoms with van der Waals surface area (Å²) in [5, 5.41) is 10.4. The molecule has 98 valence electrons. The van der Waals surface area contributed by atoms with Gasteiger partial charge in [0.1, 0.15) is 0 Å². The topological polar surface area (TPSA) is 29.5 Å². The van der Waals surface area contributed by atoms with Gasteiger partial charge in [-0.05, 0) is 54.6 Å². The molecule has 3 atom stereocenters. The Bertz CT molecular complexity index is 388. The molecule has 2 aliphatic carbocycles. The van der Waals surface area contributed by atoms with Crippen molar-refractivity contribution in [2.75, 3.05) is 13.7 Å². The highest BCUT2D eigenvalue weighted by atomic mass is 16.5. The van der Waals surface area contributed by atoms with Crippen molar-refractivity contribution in [1.82, 2.24) is 0 Å². The Morgan fingerprint density at radius 1 is 1.17 bits per heavy atom. The molecule has 0 saturated heterocycles. The highest BCUT2D eigenvalue weighted by Gasteiger charge is 2.47. The normalized spacial score (nSPS) is 31.1. The Morgan fingerprint density at radius 3 is 2.44 bits per heavy atom. The minimum atomic E-state index is -0.255. The predicted octanol–water partition coefficient (Wildman–Crippen LogP) is 2.96. The summed E-state index contributed by atoms with van der Waals surface area (Å²) in [6.45, 7) is 0.758. The van der Waals surface area contributed by atoms with Crippen LogP contribution in [-0.2, 0) is 11.2 Å². The van der Waals surface area contributed by atoms with Crippen molar-refractivity contribution in [3.63, 3.8) is 0 Å². The average molecular weight is 246 g/mol. The number of rotatable bonds is 5. The maximum atomic E-state index is 10.4. The summed E-state index contributed by atoms with van der Waals surface area (Å²) in [4.78, 5) is 0. The van der Waals surface area contributed by atoms with Crippen molar-refractivity contribution < 1.29 is 9.84 Å². The lowest BCUT2D eigenvalue weighted by molar-refractivity contribution is 0.104. The van der Waals surface area contributed by atoms with Gasteiger partial charge in [-0.25, -0.2) is 0 Å². The van der Waals surface area contributed by atoms with Crippen LogP contribution in [0.1, 0.15) is 36.5 Å². The van der Waals surface area contributed by atoms with Crippen LogP contribution in [0.2, 0.25) is 0 Å². The van der Waals surface area contributed by atoms with Gasteiger partial charge in [-0.15, -0.1) is 0 Å². The fraction of sp³-hybridized carbons (Fsp3) is 0.625. The van der Waals surface area contributed by atoms with E-state index in [0.717, 1.165) is 30.4 Å². The number of hydrogen-bond acceptors (Lipinski definition) is 2. The monoisotopic (exact) mass is 246 g/mol. The molecular weight excluding hydrogens is 224 g/mol. The molecule has 0 heterocycles.